The van der Waals surface area contributed by atoms with Crippen molar-refractivity contribution < 1.29 is 9.15 Å². The van der Waals surface area contributed by atoms with E-state index in [2.05, 4.69) is 26.1 Å². The lowest BCUT2D eigenvalue weighted by Crippen LogP contribution is -2.18. The Bertz CT molecular complexity index is 514. The molecule has 0 aliphatic carbocycles. The van der Waals surface area contributed by atoms with Crippen molar-refractivity contribution in [3.63, 3.8) is 0 Å². The lowest BCUT2D eigenvalue weighted by atomic mass is 10.2. The molecule has 2 aromatic rings. The zero-order valence-electron chi connectivity index (χ0n) is 12.5. The summed E-state index contributed by atoms with van der Waals surface area (Å²) >= 11 is 0. The molecule has 3 heteroatoms. The number of aryl methyl sites for hydroxylation is 1. The Balaban J connectivity index is 1.79. The molecular formula is C17H23NO2. The highest BCUT2D eigenvalue weighted by atomic mass is 16.5. The third kappa shape index (κ3) is 4.74. The number of rotatable bonds is 7. The maximum Gasteiger partial charge on any atom is 0.146 e. The van der Waals surface area contributed by atoms with Crippen LogP contribution in [0.3, 0.4) is 0 Å². The molecule has 0 amide bonds. The van der Waals surface area contributed by atoms with E-state index in [9.17, 15) is 0 Å². The van der Waals surface area contributed by atoms with Gasteiger partial charge >= 0.3 is 0 Å². The van der Waals surface area contributed by atoms with Gasteiger partial charge in [-0.25, -0.2) is 0 Å². The van der Waals surface area contributed by atoms with Gasteiger partial charge < -0.3 is 14.5 Å². The molecule has 1 N–H and O–H groups in total. The molecule has 108 valence electrons. The molecule has 20 heavy (non-hydrogen) atoms. The molecule has 1 aromatic carbocycles. The molecule has 0 radical (unpaired) electrons. The van der Waals surface area contributed by atoms with Crippen LogP contribution in [-0.4, -0.2) is 6.54 Å². The van der Waals surface area contributed by atoms with Crippen LogP contribution in [0.2, 0.25) is 0 Å². The first-order valence-corrected chi connectivity index (χ1v) is 7.10. The summed E-state index contributed by atoms with van der Waals surface area (Å²) in [5.41, 5.74) is 2.39. The first kappa shape index (κ1) is 14.7. The second kappa shape index (κ2) is 7.15. The molecule has 0 saturated carbocycles. The summed E-state index contributed by atoms with van der Waals surface area (Å²) in [5, 5.41) is 3.39. The molecule has 2 rings (SSSR count). The Morgan fingerprint density at radius 1 is 1.20 bits per heavy atom. The van der Waals surface area contributed by atoms with Crippen molar-refractivity contribution in [3.05, 3.63) is 53.5 Å². The molecule has 0 aliphatic heterocycles. The predicted molar refractivity (Wildman–Crippen MR) is 80.8 cm³/mol. The summed E-state index contributed by atoms with van der Waals surface area (Å²) in [4.78, 5) is 0. The molecule has 0 bridgehead atoms. The van der Waals surface area contributed by atoms with Crippen LogP contribution in [0.5, 0.6) is 5.75 Å². The van der Waals surface area contributed by atoms with E-state index in [0.717, 1.165) is 30.2 Å². The summed E-state index contributed by atoms with van der Waals surface area (Å²) < 4.78 is 11.2. The number of furan rings is 1. The quantitative estimate of drug-likeness (QED) is 0.830. The summed E-state index contributed by atoms with van der Waals surface area (Å²) in [7, 11) is 0. The number of benzene rings is 1. The van der Waals surface area contributed by atoms with Gasteiger partial charge in [0.05, 0.1) is 6.26 Å². The van der Waals surface area contributed by atoms with E-state index < -0.39 is 0 Å². The molecule has 0 aliphatic rings. The van der Waals surface area contributed by atoms with Crippen LogP contribution in [0, 0.1) is 12.8 Å². The lowest BCUT2D eigenvalue weighted by Gasteiger charge is -2.05. The van der Waals surface area contributed by atoms with Crippen molar-refractivity contribution in [2.75, 3.05) is 6.54 Å². The number of nitrogens with one attached hydrogen (secondary N) is 1. The van der Waals surface area contributed by atoms with E-state index >= 15 is 0 Å². The van der Waals surface area contributed by atoms with E-state index in [-0.39, 0.29) is 0 Å². The van der Waals surface area contributed by atoms with Gasteiger partial charge in [-0.2, -0.15) is 0 Å². The Hall–Kier alpha value is -1.74. The largest absolute Gasteiger partial charge is 0.486 e. The van der Waals surface area contributed by atoms with Crippen LogP contribution in [0.4, 0.5) is 0 Å². The topological polar surface area (TPSA) is 34.4 Å². The van der Waals surface area contributed by atoms with Crippen LogP contribution < -0.4 is 10.1 Å². The first-order valence-electron chi connectivity index (χ1n) is 7.10. The van der Waals surface area contributed by atoms with Gasteiger partial charge in [0.2, 0.25) is 0 Å². The second-order valence-corrected chi connectivity index (χ2v) is 5.55. The van der Waals surface area contributed by atoms with Crippen LogP contribution >= 0.6 is 0 Å². The first-order chi connectivity index (χ1) is 9.63. The zero-order chi connectivity index (χ0) is 14.4. The Labute approximate surface area is 121 Å². The summed E-state index contributed by atoms with van der Waals surface area (Å²) in [5.74, 6) is 2.38. The zero-order valence-corrected chi connectivity index (χ0v) is 12.5. The normalized spacial score (nSPS) is 11.0. The van der Waals surface area contributed by atoms with Crippen molar-refractivity contribution in [1.29, 1.82) is 0 Å². The molecule has 0 atom stereocenters. The molecule has 1 heterocycles. The fraction of sp³-hybridized carbons (Fsp3) is 0.412. The van der Waals surface area contributed by atoms with E-state index in [1.807, 2.05) is 30.3 Å². The number of ether oxygens (including phenoxy) is 1. The summed E-state index contributed by atoms with van der Waals surface area (Å²) in [6.07, 6.45) is 1.79. The molecule has 0 saturated heterocycles. The van der Waals surface area contributed by atoms with Gasteiger partial charge in [0, 0.05) is 12.1 Å². The van der Waals surface area contributed by atoms with Crippen molar-refractivity contribution in [2.24, 2.45) is 5.92 Å². The average molecular weight is 273 g/mol. The Kier molecular flexibility index (Phi) is 5.24. The maximum absolute atomic E-state index is 5.69. The number of hydrogen-bond acceptors (Lipinski definition) is 3. The van der Waals surface area contributed by atoms with Crippen LogP contribution in [0.25, 0.3) is 0 Å². The van der Waals surface area contributed by atoms with E-state index in [1.165, 1.54) is 5.56 Å². The van der Waals surface area contributed by atoms with Gasteiger partial charge in [0.25, 0.3) is 0 Å². The van der Waals surface area contributed by atoms with Gasteiger partial charge in [-0.3, -0.25) is 0 Å². The minimum atomic E-state index is 0.466. The third-order valence-electron chi connectivity index (χ3n) is 2.99. The van der Waals surface area contributed by atoms with Crippen molar-refractivity contribution in [2.45, 2.75) is 33.9 Å². The van der Waals surface area contributed by atoms with E-state index in [1.54, 1.807) is 6.26 Å². The fourth-order valence-electron chi connectivity index (χ4n) is 1.89. The highest BCUT2D eigenvalue weighted by molar-refractivity contribution is 5.26. The summed E-state index contributed by atoms with van der Waals surface area (Å²) in [6.45, 7) is 8.78. The van der Waals surface area contributed by atoms with Gasteiger partial charge in [-0.1, -0.05) is 31.5 Å². The number of hydrogen-bond donors (Lipinski definition) is 1. The molecule has 0 fully saturated rings. The third-order valence-corrected chi connectivity index (χ3v) is 2.99. The Morgan fingerprint density at radius 2 is 1.95 bits per heavy atom. The molecule has 3 nitrogen and oxygen atoms in total. The highest BCUT2D eigenvalue weighted by Crippen LogP contribution is 2.15. The second-order valence-electron chi connectivity index (χ2n) is 5.55. The SMILES string of the molecule is Cc1ccc(OCc2cc(CNCC(C)C)co2)cc1. The average Bonchev–Trinajstić information content (AvgIpc) is 2.86. The molecular weight excluding hydrogens is 250 g/mol. The summed E-state index contributed by atoms with van der Waals surface area (Å²) in [6, 6.07) is 10.1. The standard InChI is InChI=1S/C17H23NO2/c1-13(2)9-18-10-15-8-17(19-11-15)12-20-16-6-4-14(3)5-7-16/h4-8,11,13,18H,9-10,12H2,1-3H3. The van der Waals surface area contributed by atoms with Crippen LogP contribution in [0.1, 0.15) is 30.7 Å². The molecule has 0 unspecified atom stereocenters. The van der Waals surface area contributed by atoms with Crippen molar-refractivity contribution in [3.8, 4) is 5.75 Å². The monoisotopic (exact) mass is 273 g/mol. The van der Waals surface area contributed by atoms with Gasteiger partial charge in [-0.05, 0) is 37.6 Å². The molecule has 1 aromatic heterocycles. The lowest BCUT2D eigenvalue weighted by molar-refractivity contribution is 0.270. The van der Waals surface area contributed by atoms with Gasteiger partial charge in [0.15, 0.2) is 0 Å². The minimum absolute atomic E-state index is 0.466. The molecule has 0 spiro atoms. The van der Waals surface area contributed by atoms with Gasteiger partial charge in [-0.15, -0.1) is 0 Å². The Morgan fingerprint density at radius 3 is 2.65 bits per heavy atom. The van der Waals surface area contributed by atoms with E-state index in [4.69, 9.17) is 9.15 Å². The minimum Gasteiger partial charge on any atom is -0.486 e. The maximum atomic E-state index is 5.69. The predicted octanol–water partition coefficient (Wildman–Crippen LogP) is 3.91. The van der Waals surface area contributed by atoms with Crippen LogP contribution in [0.15, 0.2) is 41.0 Å². The van der Waals surface area contributed by atoms with Crippen molar-refractivity contribution in [1.82, 2.24) is 5.32 Å². The van der Waals surface area contributed by atoms with Crippen LogP contribution in [-0.2, 0) is 13.2 Å². The van der Waals surface area contributed by atoms with Crippen molar-refractivity contribution >= 4 is 0 Å². The van der Waals surface area contributed by atoms with Gasteiger partial charge in [0.1, 0.15) is 18.1 Å². The fourth-order valence-corrected chi connectivity index (χ4v) is 1.89. The van der Waals surface area contributed by atoms with E-state index in [0.29, 0.717) is 12.5 Å². The smallest absolute Gasteiger partial charge is 0.146 e. The highest BCUT2D eigenvalue weighted by Gasteiger charge is 2.03.